The molecule has 21 heavy (non-hydrogen) atoms. The molecular formula is C17H20N2O2. The zero-order valence-corrected chi connectivity index (χ0v) is 12.3. The topological polar surface area (TPSA) is 64.3 Å². The van der Waals surface area contributed by atoms with Crippen LogP contribution in [0.2, 0.25) is 0 Å². The number of carbonyl (C=O) groups excluding carboxylic acids is 1. The van der Waals surface area contributed by atoms with E-state index < -0.39 is 6.10 Å². The molecule has 0 fully saturated rings. The summed E-state index contributed by atoms with van der Waals surface area (Å²) >= 11 is 0. The Bertz CT molecular complexity index is 611. The van der Waals surface area contributed by atoms with Crippen LogP contribution in [0.1, 0.15) is 18.9 Å². The van der Waals surface area contributed by atoms with Crippen molar-refractivity contribution in [3.63, 3.8) is 0 Å². The predicted octanol–water partition coefficient (Wildman–Crippen LogP) is 3.37. The van der Waals surface area contributed by atoms with Crippen LogP contribution < -0.4 is 15.8 Å². The summed E-state index contributed by atoms with van der Waals surface area (Å²) in [5, 5.41) is 2.88. The lowest BCUT2D eigenvalue weighted by molar-refractivity contribution is -0.122. The van der Waals surface area contributed by atoms with Gasteiger partial charge >= 0.3 is 0 Å². The first kappa shape index (κ1) is 14.9. The number of nitrogen functional groups attached to an aromatic ring is 1. The van der Waals surface area contributed by atoms with E-state index in [0.717, 1.165) is 11.3 Å². The lowest BCUT2D eigenvalue weighted by Gasteiger charge is -2.18. The Morgan fingerprint density at radius 3 is 2.57 bits per heavy atom. The van der Waals surface area contributed by atoms with Crippen molar-refractivity contribution in [2.45, 2.75) is 26.4 Å². The third-order valence-electron chi connectivity index (χ3n) is 3.32. The molecule has 0 radical (unpaired) electrons. The van der Waals surface area contributed by atoms with E-state index in [4.69, 9.17) is 10.5 Å². The molecule has 0 saturated heterocycles. The number of hydrogen-bond acceptors (Lipinski definition) is 3. The Kier molecular flexibility index (Phi) is 4.82. The van der Waals surface area contributed by atoms with Gasteiger partial charge in [0.05, 0.1) is 0 Å². The Morgan fingerprint density at radius 1 is 1.19 bits per heavy atom. The third-order valence-corrected chi connectivity index (χ3v) is 3.32. The maximum Gasteiger partial charge on any atom is 0.265 e. The van der Waals surface area contributed by atoms with E-state index in [9.17, 15) is 4.79 Å². The van der Waals surface area contributed by atoms with E-state index >= 15 is 0 Å². The number of anilines is 2. The number of rotatable bonds is 5. The van der Waals surface area contributed by atoms with Gasteiger partial charge in [-0.15, -0.1) is 0 Å². The van der Waals surface area contributed by atoms with Crippen LogP contribution in [-0.2, 0) is 4.79 Å². The fourth-order valence-electron chi connectivity index (χ4n) is 1.99. The second kappa shape index (κ2) is 6.79. The van der Waals surface area contributed by atoms with E-state index in [1.54, 1.807) is 0 Å². The standard InChI is InChI=1S/C17H20N2O2/c1-3-16(21-13-8-5-4-6-9-13)17(20)19-15-11-7-10-14(18)12(15)2/h4-11,16H,3,18H2,1-2H3,(H,19,20)/t16-/m0/s1. The average Bonchev–Trinajstić information content (AvgIpc) is 2.50. The lowest BCUT2D eigenvalue weighted by atomic mass is 10.1. The quantitative estimate of drug-likeness (QED) is 0.827. The van der Waals surface area contributed by atoms with Crippen molar-refractivity contribution >= 4 is 17.3 Å². The minimum atomic E-state index is -0.534. The van der Waals surface area contributed by atoms with Crippen molar-refractivity contribution in [1.82, 2.24) is 0 Å². The molecule has 0 heterocycles. The van der Waals surface area contributed by atoms with Gasteiger partial charge < -0.3 is 15.8 Å². The van der Waals surface area contributed by atoms with Gasteiger partial charge in [-0.05, 0) is 43.2 Å². The molecule has 110 valence electrons. The fraction of sp³-hybridized carbons (Fsp3) is 0.235. The molecular weight excluding hydrogens is 264 g/mol. The number of ether oxygens (including phenoxy) is 1. The van der Waals surface area contributed by atoms with E-state index in [2.05, 4.69) is 5.32 Å². The molecule has 0 aliphatic heterocycles. The lowest BCUT2D eigenvalue weighted by Crippen LogP contribution is -2.32. The molecule has 1 amide bonds. The molecule has 3 N–H and O–H groups in total. The molecule has 2 aromatic rings. The molecule has 4 nitrogen and oxygen atoms in total. The SMILES string of the molecule is CC[C@H](Oc1ccccc1)C(=O)Nc1cccc(N)c1C. The second-order valence-corrected chi connectivity index (χ2v) is 4.84. The van der Waals surface area contributed by atoms with Crippen molar-refractivity contribution < 1.29 is 9.53 Å². The van der Waals surface area contributed by atoms with E-state index in [1.165, 1.54) is 0 Å². The molecule has 2 rings (SSSR count). The van der Waals surface area contributed by atoms with Gasteiger partial charge in [0, 0.05) is 11.4 Å². The Labute approximate surface area is 124 Å². The van der Waals surface area contributed by atoms with E-state index in [-0.39, 0.29) is 5.91 Å². The molecule has 1 atom stereocenters. The van der Waals surface area contributed by atoms with Crippen LogP contribution in [0, 0.1) is 6.92 Å². The number of carbonyl (C=O) groups is 1. The maximum atomic E-state index is 12.3. The summed E-state index contributed by atoms with van der Waals surface area (Å²) in [6.45, 7) is 3.79. The van der Waals surface area contributed by atoms with Crippen molar-refractivity contribution in [2.75, 3.05) is 11.1 Å². The molecule has 2 aromatic carbocycles. The second-order valence-electron chi connectivity index (χ2n) is 4.84. The molecule has 4 heteroatoms. The summed E-state index contributed by atoms with van der Waals surface area (Å²) < 4.78 is 5.72. The van der Waals surface area contributed by atoms with Crippen molar-refractivity contribution in [3.8, 4) is 5.75 Å². The molecule has 0 aliphatic carbocycles. The van der Waals surface area contributed by atoms with Crippen LogP contribution in [0.15, 0.2) is 48.5 Å². The Hall–Kier alpha value is -2.49. The summed E-state index contributed by atoms with van der Waals surface area (Å²) in [6, 6.07) is 14.8. The van der Waals surface area contributed by atoms with Gasteiger partial charge in [0.15, 0.2) is 6.10 Å². The number of amides is 1. The predicted molar refractivity (Wildman–Crippen MR) is 85.4 cm³/mol. The molecule has 0 saturated carbocycles. The van der Waals surface area contributed by atoms with Crippen LogP contribution in [0.3, 0.4) is 0 Å². The molecule has 0 spiro atoms. The summed E-state index contributed by atoms with van der Waals surface area (Å²) in [5.41, 5.74) is 8.08. The summed E-state index contributed by atoms with van der Waals surface area (Å²) in [7, 11) is 0. The number of para-hydroxylation sites is 1. The zero-order valence-electron chi connectivity index (χ0n) is 12.3. The summed E-state index contributed by atoms with van der Waals surface area (Å²) in [5.74, 6) is 0.513. The monoisotopic (exact) mass is 284 g/mol. The van der Waals surface area contributed by atoms with Gasteiger partial charge in [0.25, 0.3) is 5.91 Å². The number of hydrogen-bond donors (Lipinski definition) is 2. The molecule has 0 aromatic heterocycles. The highest BCUT2D eigenvalue weighted by atomic mass is 16.5. The Balaban J connectivity index is 2.08. The first-order chi connectivity index (χ1) is 10.1. The van der Waals surface area contributed by atoms with Gasteiger partial charge in [-0.2, -0.15) is 0 Å². The molecule has 0 aliphatic rings. The zero-order chi connectivity index (χ0) is 15.2. The number of nitrogens with one attached hydrogen (secondary N) is 1. The molecule has 0 bridgehead atoms. The largest absolute Gasteiger partial charge is 0.481 e. The minimum Gasteiger partial charge on any atom is -0.481 e. The minimum absolute atomic E-state index is 0.171. The Morgan fingerprint density at radius 2 is 1.90 bits per heavy atom. The van der Waals surface area contributed by atoms with Crippen LogP contribution in [0.5, 0.6) is 5.75 Å². The van der Waals surface area contributed by atoms with Crippen molar-refractivity contribution in [2.24, 2.45) is 0 Å². The van der Waals surface area contributed by atoms with Crippen LogP contribution in [0.25, 0.3) is 0 Å². The van der Waals surface area contributed by atoms with E-state index in [0.29, 0.717) is 17.9 Å². The molecule has 0 unspecified atom stereocenters. The van der Waals surface area contributed by atoms with Gasteiger partial charge in [-0.1, -0.05) is 31.2 Å². The maximum absolute atomic E-state index is 12.3. The smallest absolute Gasteiger partial charge is 0.265 e. The van der Waals surface area contributed by atoms with Gasteiger partial charge in [-0.25, -0.2) is 0 Å². The first-order valence-electron chi connectivity index (χ1n) is 6.99. The average molecular weight is 284 g/mol. The van der Waals surface area contributed by atoms with Gasteiger partial charge in [0.1, 0.15) is 5.75 Å². The third kappa shape index (κ3) is 3.75. The summed E-state index contributed by atoms with van der Waals surface area (Å²) in [6.07, 6.45) is 0.0514. The highest BCUT2D eigenvalue weighted by Gasteiger charge is 2.19. The normalized spacial score (nSPS) is 11.7. The van der Waals surface area contributed by atoms with Gasteiger partial charge in [0.2, 0.25) is 0 Å². The van der Waals surface area contributed by atoms with Gasteiger partial charge in [-0.3, -0.25) is 4.79 Å². The number of benzene rings is 2. The van der Waals surface area contributed by atoms with E-state index in [1.807, 2.05) is 62.4 Å². The van der Waals surface area contributed by atoms with Crippen LogP contribution >= 0.6 is 0 Å². The first-order valence-corrected chi connectivity index (χ1v) is 6.99. The fourth-order valence-corrected chi connectivity index (χ4v) is 1.99. The van der Waals surface area contributed by atoms with Crippen molar-refractivity contribution in [3.05, 3.63) is 54.1 Å². The van der Waals surface area contributed by atoms with Crippen molar-refractivity contribution in [1.29, 1.82) is 0 Å². The highest BCUT2D eigenvalue weighted by Crippen LogP contribution is 2.21. The summed E-state index contributed by atoms with van der Waals surface area (Å²) in [4.78, 5) is 12.3. The van der Waals surface area contributed by atoms with Crippen LogP contribution in [-0.4, -0.2) is 12.0 Å². The number of nitrogens with two attached hydrogens (primary N) is 1. The van der Waals surface area contributed by atoms with Crippen LogP contribution in [0.4, 0.5) is 11.4 Å². The highest BCUT2D eigenvalue weighted by molar-refractivity contribution is 5.95.